The first-order valence-electron chi connectivity index (χ1n) is 3.04. The maximum Gasteiger partial charge on any atom is 0.0661 e. The van der Waals surface area contributed by atoms with Crippen LogP contribution in [0.4, 0.5) is 5.69 Å². The number of H-pyrrole nitrogens is 1. The second-order valence-corrected chi connectivity index (χ2v) is 2.17. The van der Waals surface area contributed by atoms with E-state index in [1.807, 2.05) is 12.3 Å². The molecule has 11 heavy (non-hydrogen) atoms. The predicted molar refractivity (Wildman–Crippen MR) is 47.8 cm³/mol. The maximum absolute atomic E-state index is 5.62. The Morgan fingerprint density at radius 2 is 2.18 bits per heavy atom. The van der Waals surface area contributed by atoms with Gasteiger partial charge in [0, 0.05) is 11.6 Å². The van der Waals surface area contributed by atoms with Crippen molar-refractivity contribution in [2.24, 2.45) is 0 Å². The normalized spacial score (nSPS) is 9.45. The van der Waals surface area contributed by atoms with Crippen LogP contribution in [0, 0.1) is 0 Å². The highest BCUT2D eigenvalue weighted by Crippen LogP contribution is 2.16. The Morgan fingerprint density at radius 3 is 2.91 bits per heavy atom. The van der Waals surface area contributed by atoms with E-state index in [1.54, 1.807) is 12.4 Å². The van der Waals surface area contributed by atoms with Crippen LogP contribution in [0.2, 0.25) is 0 Å². The number of nitrogens with one attached hydrogen (secondary N) is 1. The van der Waals surface area contributed by atoms with Crippen molar-refractivity contribution in [3.63, 3.8) is 0 Å². The number of pyridine rings is 1. The Kier molecular flexibility index (Phi) is 2.01. The Bertz CT molecular complexity index is 355. The Labute approximate surface area is 70.0 Å². The van der Waals surface area contributed by atoms with E-state index in [-0.39, 0.29) is 12.4 Å². The molecule has 0 fully saturated rings. The summed E-state index contributed by atoms with van der Waals surface area (Å²) in [6, 6.07) is 1.94. The Balaban J connectivity index is 0.000000605. The highest BCUT2D eigenvalue weighted by molar-refractivity contribution is 5.89. The number of halogens is 1. The summed E-state index contributed by atoms with van der Waals surface area (Å²) >= 11 is 0. The zero-order valence-corrected chi connectivity index (χ0v) is 6.56. The van der Waals surface area contributed by atoms with Gasteiger partial charge in [-0.05, 0) is 6.07 Å². The third-order valence-electron chi connectivity index (χ3n) is 1.51. The molecular weight excluding hydrogens is 162 g/mol. The molecule has 3 N–H and O–H groups in total. The third-order valence-corrected chi connectivity index (χ3v) is 1.51. The molecular formula is C7H8ClN3. The molecule has 2 aromatic heterocycles. The first kappa shape index (κ1) is 7.88. The lowest BCUT2D eigenvalue weighted by molar-refractivity contribution is 1.34. The largest absolute Gasteiger partial charge is 0.397 e. The van der Waals surface area contributed by atoms with Gasteiger partial charge in [0.05, 0.1) is 23.6 Å². The second-order valence-electron chi connectivity index (χ2n) is 2.17. The fraction of sp³-hybridized carbons (Fsp3) is 0. The zero-order valence-electron chi connectivity index (χ0n) is 5.74. The quantitative estimate of drug-likeness (QED) is 0.629. The fourth-order valence-electron chi connectivity index (χ4n) is 1.00. The van der Waals surface area contributed by atoms with Crippen LogP contribution in [0.5, 0.6) is 0 Å². The number of anilines is 1. The predicted octanol–water partition coefficient (Wildman–Crippen LogP) is 1.57. The van der Waals surface area contributed by atoms with Crippen molar-refractivity contribution in [3.05, 3.63) is 24.7 Å². The summed E-state index contributed by atoms with van der Waals surface area (Å²) in [7, 11) is 0. The smallest absolute Gasteiger partial charge is 0.0661 e. The number of aromatic amines is 1. The number of hydrogen-bond donors (Lipinski definition) is 2. The maximum atomic E-state index is 5.62. The van der Waals surface area contributed by atoms with Gasteiger partial charge in [0.25, 0.3) is 0 Å². The monoisotopic (exact) mass is 169 g/mol. The molecule has 0 aliphatic carbocycles. The molecule has 2 rings (SSSR count). The van der Waals surface area contributed by atoms with E-state index in [2.05, 4.69) is 9.97 Å². The molecule has 0 saturated carbocycles. The van der Waals surface area contributed by atoms with E-state index in [1.165, 1.54) is 0 Å². The molecule has 0 spiro atoms. The van der Waals surface area contributed by atoms with Gasteiger partial charge in [-0.2, -0.15) is 0 Å². The van der Waals surface area contributed by atoms with Gasteiger partial charge >= 0.3 is 0 Å². The summed E-state index contributed by atoms with van der Waals surface area (Å²) in [5, 5.41) is 1.04. The van der Waals surface area contributed by atoms with Crippen LogP contribution in [0.25, 0.3) is 10.9 Å². The number of nitrogens with two attached hydrogens (primary N) is 1. The van der Waals surface area contributed by atoms with Crippen LogP contribution in [0.3, 0.4) is 0 Å². The molecule has 2 aromatic rings. The Hall–Kier alpha value is -1.22. The second kappa shape index (κ2) is 2.80. The van der Waals surface area contributed by atoms with Crippen LogP contribution in [-0.2, 0) is 0 Å². The van der Waals surface area contributed by atoms with Gasteiger partial charge in [-0.15, -0.1) is 12.4 Å². The molecule has 3 nitrogen and oxygen atoms in total. The van der Waals surface area contributed by atoms with Gasteiger partial charge in [0.2, 0.25) is 0 Å². The van der Waals surface area contributed by atoms with Gasteiger partial charge in [-0.1, -0.05) is 0 Å². The van der Waals surface area contributed by atoms with Crippen LogP contribution < -0.4 is 5.73 Å². The SMILES string of the molecule is Cl.Nc1cncc2[nH]ccc12. The molecule has 0 saturated heterocycles. The van der Waals surface area contributed by atoms with Crippen molar-refractivity contribution >= 4 is 29.0 Å². The summed E-state index contributed by atoms with van der Waals surface area (Å²) in [5.74, 6) is 0. The summed E-state index contributed by atoms with van der Waals surface area (Å²) < 4.78 is 0. The van der Waals surface area contributed by atoms with E-state index < -0.39 is 0 Å². The summed E-state index contributed by atoms with van der Waals surface area (Å²) in [4.78, 5) is 6.95. The van der Waals surface area contributed by atoms with E-state index in [4.69, 9.17) is 5.73 Å². The number of rotatable bonds is 0. The van der Waals surface area contributed by atoms with Crippen molar-refractivity contribution in [2.45, 2.75) is 0 Å². The van der Waals surface area contributed by atoms with E-state index >= 15 is 0 Å². The van der Waals surface area contributed by atoms with E-state index in [9.17, 15) is 0 Å². The molecule has 0 unspecified atom stereocenters. The molecule has 0 aliphatic rings. The molecule has 58 valence electrons. The average Bonchev–Trinajstić information content (AvgIpc) is 2.36. The third kappa shape index (κ3) is 1.14. The minimum absolute atomic E-state index is 0. The number of aromatic nitrogens is 2. The summed E-state index contributed by atoms with van der Waals surface area (Å²) in [5.41, 5.74) is 7.33. The van der Waals surface area contributed by atoms with Gasteiger partial charge in [0.1, 0.15) is 0 Å². The van der Waals surface area contributed by atoms with Crippen molar-refractivity contribution in [2.75, 3.05) is 5.73 Å². The van der Waals surface area contributed by atoms with Crippen LogP contribution >= 0.6 is 12.4 Å². The lowest BCUT2D eigenvalue weighted by Crippen LogP contribution is -1.85. The van der Waals surface area contributed by atoms with E-state index in [0.717, 1.165) is 16.6 Å². The first-order valence-corrected chi connectivity index (χ1v) is 3.04. The molecule has 0 aliphatic heterocycles. The highest BCUT2D eigenvalue weighted by Gasteiger charge is 1.95. The van der Waals surface area contributed by atoms with Crippen molar-refractivity contribution in [1.29, 1.82) is 0 Å². The lowest BCUT2D eigenvalue weighted by Gasteiger charge is -1.91. The standard InChI is InChI=1S/C7H7N3.ClH/c8-6-3-9-4-7-5(6)1-2-10-7;/h1-4,10H,8H2;1H. The Morgan fingerprint density at radius 1 is 1.36 bits per heavy atom. The minimum atomic E-state index is 0. The van der Waals surface area contributed by atoms with Gasteiger partial charge in [-0.3, -0.25) is 4.98 Å². The lowest BCUT2D eigenvalue weighted by atomic mass is 10.3. The van der Waals surface area contributed by atoms with E-state index in [0.29, 0.717) is 0 Å². The molecule has 2 heterocycles. The van der Waals surface area contributed by atoms with Crippen LogP contribution in [-0.4, -0.2) is 9.97 Å². The highest BCUT2D eigenvalue weighted by atomic mass is 35.5. The minimum Gasteiger partial charge on any atom is -0.397 e. The van der Waals surface area contributed by atoms with Crippen molar-refractivity contribution in [1.82, 2.24) is 9.97 Å². The zero-order chi connectivity index (χ0) is 6.97. The van der Waals surface area contributed by atoms with Crippen molar-refractivity contribution in [3.8, 4) is 0 Å². The first-order chi connectivity index (χ1) is 4.88. The number of fused-ring (bicyclic) bond motifs is 1. The van der Waals surface area contributed by atoms with Crippen LogP contribution in [0.1, 0.15) is 0 Å². The average molecular weight is 170 g/mol. The number of nitrogens with zero attached hydrogens (tertiary/aromatic N) is 1. The molecule has 0 radical (unpaired) electrons. The molecule has 0 aromatic carbocycles. The fourth-order valence-corrected chi connectivity index (χ4v) is 1.00. The molecule has 4 heteroatoms. The van der Waals surface area contributed by atoms with Gasteiger partial charge in [-0.25, -0.2) is 0 Å². The molecule has 0 bridgehead atoms. The molecule has 0 atom stereocenters. The van der Waals surface area contributed by atoms with Gasteiger partial charge < -0.3 is 10.7 Å². The van der Waals surface area contributed by atoms with Crippen LogP contribution in [0.15, 0.2) is 24.7 Å². The molecule has 0 amide bonds. The summed E-state index contributed by atoms with van der Waals surface area (Å²) in [6.07, 6.45) is 5.25. The van der Waals surface area contributed by atoms with Crippen molar-refractivity contribution < 1.29 is 0 Å². The topological polar surface area (TPSA) is 54.7 Å². The van der Waals surface area contributed by atoms with Gasteiger partial charge in [0.15, 0.2) is 0 Å². The number of hydrogen-bond acceptors (Lipinski definition) is 2. The number of nitrogen functional groups attached to an aromatic ring is 1. The summed E-state index contributed by atoms with van der Waals surface area (Å²) in [6.45, 7) is 0.